The SMILES string of the molecule is CC(CCn1cc(-c2ccc(F)c(F)c2F)nn1)(C(=O)NO)S(C)(=O)=O. The predicted octanol–water partition coefficient (Wildman–Crippen LogP) is 1.06. The van der Waals surface area contributed by atoms with Gasteiger partial charge in [-0.3, -0.25) is 14.7 Å². The first kappa shape index (κ1) is 19.8. The average Bonchev–Trinajstić information content (AvgIpc) is 3.04. The minimum absolute atomic E-state index is 0.103. The van der Waals surface area contributed by atoms with Crippen molar-refractivity contribution in [3.8, 4) is 11.3 Å². The number of nitrogens with zero attached hydrogens (tertiary/aromatic N) is 3. The number of rotatable bonds is 6. The third-order valence-corrected chi connectivity index (χ3v) is 6.09. The fraction of sp³-hybridized carbons (Fsp3) is 0.357. The van der Waals surface area contributed by atoms with Crippen LogP contribution in [0.3, 0.4) is 0 Å². The quantitative estimate of drug-likeness (QED) is 0.432. The number of hydrogen-bond acceptors (Lipinski definition) is 6. The Kier molecular flexibility index (Phi) is 5.37. The zero-order valence-corrected chi connectivity index (χ0v) is 14.5. The lowest BCUT2D eigenvalue weighted by atomic mass is 10.1. The number of hydroxylamine groups is 1. The monoisotopic (exact) mass is 392 g/mol. The van der Waals surface area contributed by atoms with Crippen molar-refractivity contribution in [3.63, 3.8) is 0 Å². The topological polar surface area (TPSA) is 114 Å². The first-order chi connectivity index (χ1) is 12.0. The first-order valence-electron chi connectivity index (χ1n) is 7.19. The van der Waals surface area contributed by atoms with Gasteiger partial charge < -0.3 is 0 Å². The summed E-state index contributed by atoms with van der Waals surface area (Å²) in [6.45, 7) is 0.996. The van der Waals surface area contributed by atoms with Gasteiger partial charge in [-0.25, -0.2) is 27.1 Å². The number of sulfone groups is 1. The molecule has 142 valence electrons. The third kappa shape index (κ3) is 3.55. The van der Waals surface area contributed by atoms with Crippen LogP contribution in [-0.4, -0.2) is 45.5 Å². The Morgan fingerprint density at radius 3 is 2.54 bits per heavy atom. The van der Waals surface area contributed by atoms with E-state index in [0.29, 0.717) is 0 Å². The molecule has 0 aliphatic rings. The first-order valence-corrected chi connectivity index (χ1v) is 9.08. The summed E-state index contributed by atoms with van der Waals surface area (Å²) in [5, 5.41) is 16.0. The van der Waals surface area contributed by atoms with Crippen molar-refractivity contribution < 1.29 is 31.6 Å². The van der Waals surface area contributed by atoms with Gasteiger partial charge >= 0.3 is 0 Å². The van der Waals surface area contributed by atoms with E-state index in [1.807, 2.05) is 0 Å². The van der Waals surface area contributed by atoms with E-state index in [4.69, 9.17) is 5.21 Å². The molecule has 0 spiro atoms. The lowest BCUT2D eigenvalue weighted by molar-refractivity contribution is -0.131. The molecule has 0 saturated carbocycles. The Hall–Kier alpha value is -2.47. The summed E-state index contributed by atoms with van der Waals surface area (Å²) in [5.41, 5.74) is 0.881. The molecular weight excluding hydrogens is 377 g/mol. The van der Waals surface area contributed by atoms with E-state index in [1.54, 1.807) is 0 Å². The molecular formula is C14H15F3N4O4S. The number of amides is 1. The van der Waals surface area contributed by atoms with E-state index in [2.05, 4.69) is 10.3 Å². The molecule has 8 nitrogen and oxygen atoms in total. The number of aromatic nitrogens is 3. The molecule has 0 aliphatic carbocycles. The molecule has 1 aromatic heterocycles. The van der Waals surface area contributed by atoms with Crippen molar-refractivity contribution in [3.05, 3.63) is 35.8 Å². The molecule has 0 aliphatic heterocycles. The van der Waals surface area contributed by atoms with Crippen LogP contribution in [0.5, 0.6) is 0 Å². The normalized spacial score (nSPS) is 14.1. The highest BCUT2D eigenvalue weighted by Gasteiger charge is 2.43. The zero-order valence-electron chi connectivity index (χ0n) is 13.7. The number of halogens is 3. The highest BCUT2D eigenvalue weighted by Crippen LogP contribution is 2.25. The van der Waals surface area contributed by atoms with Gasteiger partial charge in [-0.2, -0.15) is 0 Å². The van der Waals surface area contributed by atoms with Gasteiger partial charge in [0.05, 0.1) is 6.20 Å². The van der Waals surface area contributed by atoms with Crippen LogP contribution in [-0.2, 0) is 21.2 Å². The van der Waals surface area contributed by atoms with E-state index < -0.39 is 37.9 Å². The van der Waals surface area contributed by atoms with Crippen LogP contribution in [0.15, 0.2) is 18.3 Å². The summed E-state index contributed by atoms with van der Waals surface area (Å²) in [4.78, 5) is 11.7. The van der Waals surface area contributed by atoms with E-state index in [9.17, 15) is 26.4 Å². The Morgan fingerprint density at radius 2 is 1.96 bits per heavy atom. The van der Waals surface area contributed by atoms with Gasteiger partial charge in [-0.1, -0.05) is 5.21 Å². The summed E-state index contributed by atoms with van der Waals surface area (Å²) in [6, 6.07) is 1.72. The van der Waals surface area contributed by atoms with Crippen molar-refractivity contribution in [2.45, 2.75) is 24.6 Å². The number of carbonyl (C=O) groups is 1. The Morgan fingerprint density at radius 1 is 1.31 bits per heavy atom. The highest BCUT2D eigenvalue weighted by atomic mass is 32.2. The van der Waals surface area contributed by atoms with Crippen molar-refractivity contribution in [2.24, 2.45) is 0 Å². The summed E-state index contributed by atoms with van der Waals surface area (Å²) in [6.07, 6.45) is 1.75. The van der Waals surface area contributed by atoms with Crippen LogP contribution >= 0.6 is 0 Å². The van der Waals surface area contributed by atoms with Crippen molar-refractivity contribution >= 4 is 15.7 Å². The molecule has 2 rings (SSSR count). The van der Waals surface area contributed by atoms with Gasteiger partial charge in [-0.05, 0) is 25.5 Å². The van der Waals surface area contributed by atoms with E-state index in [-0.39, 0.29) is 24.2 Å². The second-order valence-corrected chi connectivity index (χ2v) is 8.23. The van der Waals surface area contributed by atoms with Crippen LogP contribution < -0.4 is 5.48 Å². The third-order valence-electron chi connectivity index (χ3n) is 4.07. The number of benzene rings is 1. The fourth-order valence-electron chi connectivity index (χ4n) is 2.17. The maximum atomic E-state index is 13.8. The van der Waals surface area contributed by atoms with Gasteiger partial charge in [0.2, 0.25) is 0 Å². The van der Waals surface area contributed by atoms with Crippen molar-refractivity contribution in [1.82, 2.24) is 20.5 Å². The second-order valence-electron chi connectivity index (χ2n) is 5.78. The molecule has 1 amide bonds. The minimum atomic E-state index is -3.89. The van der Waals surface area contributed by atoms with Crippen LogP contribution in [0.25, 0.3) is 11.3 Å². The van der Waals surface area contributed by atoms with Gasteiger partial charge in [0.25, 0.3) is 5.91 Å². The molecule has 12 heteroatoms. The zero-order chi connectivity index (χ0) is 19.7. The molecule has 1 atom stereocenters. The van der Waals surface area contributed by atoms with Gasteiger partial charge in [0, 0.05) is 18.4 Å². The van der Waals surface area contributed by atoms with Crippen molar-refractivity contribution in [2.75, 3.05) is 6.26 Å². The number of hydrogen-bond donors (Lipinski definition) is 2. The Bertz CT molecular complexity index is 948. The van der Waals surface area contributed by atoms with Crippen LogP contribution in [0.4, 0.5) is 13.2 Å². The standard InChI is InChI=1S/C14H15F3N4O4S/c1-14(13(22)19-23,26(2,24)25)5-6-21-7-10(18-20-21)8-3-4-9(15)12(17)11(8)16/h3-4,7,23H,5-6H2,1-2H3,(H,19,22). The van der Waals surface area contributed by atoms with Crippen molar-refractivity contribution in [1.29, 1.82) is 0 Å². The molecule has 2 aromatic rings. The molecule has 1 unspecified atom stereocenters. The molecule has 1 aromatic carbocycles. The summed E-state index contributed by atoms with van der Waals surface area (Å²) < 4.78 is 63.0. The molecule has 26 heavy (non-hydrogen) atoms. The lowest BCUT2D eigenvalue weighted by Gasteiger charge is -2.24. The van der Waals surface area contributed by atoms with E-state index in [0.717, 1.165) is 30.0 Å². The Labute approximate surface area is 146 Å². The molecule has 0 bridgehead atoms. The number of nitrogens with one attached hydrogen (secondary N) is 1. The summed E-state index contributed by atoms with van der Waals surface area (Å²) in [5.74, 6) is -5.55. The highest BCUT2D eigenvalue weighted by molar-refractivity contribution is 7.92. The predicted molar refractivity (Wildman–Crippen MR) is 83.1 cm³/mol. The maximum absolute atomic E-state index is 13.8. The van der Waals surface area contributed by atoms with Crippen LogP contribution in [0, 0.1) is 17.5 Å². The molecule has 1 heterocycles. The van der Waals surface area contributed by atoms with Crippen LogP contribution in [0.1, 0.15) is 13.3 Å². The minimum Gasteiger partial charge on any atom is -0.289 e. The summed E-state index contributed by atoms with van der Waals surface area (Å²) in [7, 11) is -3.89. The molecule has 0 saturated heterocycles. The second kappa shape index (κ2) is 7.03. The maximum Gasteiger partial charge on any atom is 0.264 e. The fourth-order valence-corrected chi connectivity index (χ4v) is 3.01. The Balaban J connectivity index is 2.26. The van der Waals surface area contributed by atoms with E-state index in [1.165, 1.54) is 11.7 Å². The van der Waals surface area contributed by atoms with Crippen LogP contribution in [0.2, 0.25) is 0 Å². The van der Waals surface area contributed by atoms with Gasteiger partial charge in [0.15, 0.2) is 32.0 Å². The van der Waals surface area contributed by atoms with E-state index >= 15 is 0 Å². The smallest absolute Gasteiger partial charge is 0.264 e. The largest absolute Gasteiger partial charge is 0.289 e. The molecule has 0 radical (unpaired) electrons. The molecule has 2 N–H and O–H groups in total. The number of carbonyl (C=O) groups excluding carboxylic acids is 1. The van der Waals surface area contributed by atoms with Gasteiger partial charge in [0.1, 0.15) is 5.69 Å². The average molecular weight is 392 g/mol. The molecule has 0 fully saturated rings. The lowest BCUT2D eigenvalue weighted by Crippen LogP contribution is -2.49. The summed E-state index contributed by atoms with van der Waals surface area (Å²) >= 11 is 0. The van der Waals surface area contributed by atoms with Gasteiger partial charge in [-0.15, -0.1) is 5.10 Å². The number of aryl methyl sites for hydroxylation is 1.